The second-order valence-corrected chi connectivity index (χ2v) is 9.87. The predicted molar refractivity (Wildman–Crippen MR) is 131 cm³/mol. The first-order chi connectivity index (χ1) is 16.8. The summed E-state index contributed by atoms with van der Waals surface area (Å²) >= 11 is 0. The van der Waals surface area contributed by atoms with E-state index in [9.17, 15) is 18.3 Å². The van der Waals surface area contributed by atoms with Crippen molar-refractivity contribution in [1.82, 2.24) is 9.80 Å². The van der Waals surface area contributed by atoms with Gasteiger partial charge in [0.25, 0.3) is 0 Å². The molecular formula is C28H35F3N2O2. The van der Waals surface area contributed by atoms with Crippen LogP contribution in [0.4, 0.5) is 13.2 Å². The zero-order valence-electron chi connectivity index (χ0n) is 20.1. The highest BCUT2D eigenvalue weighted by Crippen LogP contribution is 2.41. The van der Waals surface area contributed by atoms with Gasteiger partial charge in [0.15, 0.2) is 0 Å². The van der Waals surface area contributed by atoms with E-state index in [2.05, 4.69) is 26.3 Å². The molecule has 2 fully saturated rings. The fourth-order valence-corrected chi connectivity index (χ4v) is 5.47. The van der Waals surface area contributed by atoms with Crippen LogP contribution in [-0.2, 0) is 0 Å². The zero-order chi connectivity index (χ0) is 24.7. The fourth-order valence-electron chi connectivity index (χ4n) is 5.47. The number of rotatable bonds is 7. The van der Waals surface area contributed by atoms with E-state index < -0.39 is 12.0 Å². The number of alkyl halides is 3. The van der Waals surface area contributed by atoms with Crippen molar-refractivity contribution in [1.29, 1.82) is 0 Å². The molecule has 0 bridgehead atoms. The number of aliphatic hydroxyl groups is 1. The number of hydrogen-bond donors (Lipinski definition) is 1. The van der Waals surface area contributed by atoms with E-state index >= 15 is 0 Å². The minimum absolute atomic E-state index is 0.156. The van der Waals surface area contributed by atoms with Gasteiger partial charge in [-0.25, -0.2) is 0 Å². The van der Waals surface area contributed by atoms with Crippen LogP contribution < -0.4 is 4.74 Å². The molecule has 4 nitrogen and oxygen atoms in total. The van der Waals surface area contributed by atoms with Crippen LogP contribution in [0.2, 0.25) is 0 Å². The molecule has 0 aromatic heterocycles. The Bertz CT molecular complexity index is 955. The maximum Gasteiger partial charge on any atom is 0.573 e. The first kappa shape index (κ1) is 25.8. The van der Waals surface area contributed by atoms with Crippen LogP contribution in [0, 0.1) is 0 Å². The van der Waals surface area contributed by atoms with E-state index in [1.807, 2.05) is 24.3 Å². The summed E-state index contributed by atoms with van der Waals surface area (Å²) in [6.45, 7) is 5.35. The maximum absolute atomic E-state index is 12.6. The average Bonchev–Trinajstić information content (AvgIpc) is 3.21. The van der Waals surface area contributed by atoms with Crippen molar-refractivity contribution in [3.05, 3.63) is 71.5 Å². The third-order valence-corrected chi connectivity index (χ3v) is 7.29. The van der Waals surface area contributed by atoms with Gasteiger partial charge in [0.2, 0.25) is 0 Å². The van der Waals surface area contributed by atoms with E-state index in [-0.39, 0.29) is 11.7 Å². The molecule has 35 heavy (non-hydrogen) atoms. The van der Waals surface area contributed by atoms with Gasteiger partial charge in [0.1, 0.15) is 5.75 Å². The van der Waals surface area contributed by atoms with E-state index in [0.717, 1.165) is 76.8 Å². The van der Waals surface area contributed by atoms with Crippen LogP contribution in [-0.4, -0.2) is 66.1 Å². The molecule has 190 valence electrons. The van der Waals surface area contributed by atoms with Gasteiger partial charge in [0, 0.05) is 32.1 Å². The second-order valence-electron chi connectivity index (χ2n) is 9.87. The summed E-state index contributed by atoms with van der Waals surface area (Å²) in [7, 11) is 0. The molecule has 1 heterocycles. The summed E-state index contributed by atoms with van der Waals surface area (Å²) in [5.41, 5.74) is 4.44. The minimum Gasteiger partial charge on any atom is -0.406 e. The molecule has 1 saturated carbocycles. The lowest BCUT2D eigenvalue weighted by molar-refractivity contribution is -0.274. The lowest BCUT2D eigenvalue weighted by Gasteiger charge is -2.42. The summed E-state index contributed by atoms with van der Waals surface area (Å²) in [4.78, 5) is 4.87. The summed E-state index contributed by atoms with van der Waals surface area (Å²) in [6, 6.07) is 6.11. The average molecular weight is 489 g/mol. The van der Waals surface area contributed by atoms with Crippen LogP contribution in [0.5, 0.6) is 5.75 Å². The van der Waals surface area contributed by atoms with Crippen molar-refractivity contribution in [2.45, 2.75) is 56.4 Å². The van der Waals surface area contributed by atoms with E-state index in [4.69, 9.17) is 0 Å². The lowest BCUT2D eigenvalue weighted by atomic mass is 9.72. The highest BCUT2D eigenvalue weighted by Gasteiger charge is 2.40. The minimum atomic E-state index is -4.71. The SMILES string of the molecule is OC1(C(CN2CCCN(CC3=CC=CC=C=C3)CC2)c2ccc(OC(F)(F)F)cc2)CCCCC1. The molecule has 3 aliphatic rings. The summed E-state index contributed by atoms with van der Waals surface area (Å²) in [6.07, 6.45) is 10.9. The van der Waals surface area contributed by atoms with Crippen LogP contribution in [0.1, 0.15) is 50.0 Å². The first-order valence-electron chi connectivity index (χ1n) is 12.6. The first-order valence-corrected chi connectivity index (χ1v) is 12.6. The number of benzene rings is 1. The van der Waals surface area contributed by atoms with Crippen molar-refractivity contribution in [3.63, 3.8) is 0 Å². The summed E-state index contributed by atoms with van der Waals surface area (Å²) in [5.74, 6) is -0.385. The van der Waals surface area contributed by atoms with Gasteiger partial charge >= 0.3 is 6.36 Å². The molecule has 1 unspecified atom stereocenters. The van der Waals surface area contributed by atoms with E-state index in [1.54, 1.807) is 12.1 Å². The smallest absolute Gasteiger partial charge is 0.406 e. The molecule has 0 spiro atoms. The Labute approximate surface area is 206 Å². The molecule has 1 aromatic carbocycles. The van der Waals surface area contributed by atoms with Gasteiger partial charge in [-0.2, -0.15) is 0 Å². The molecule has 1 aliphatic heterocycles. The molecule has 1 N–H and O–H groups in total. The van der Waals surface area contributed by atoms with E-state index in [0.29, 0.717) is 6.54 Å². The van der Waals surface area contributed by atoms with Gasteiger partial charge < -0.3 is 14.7 Å². The van der Waals surface area contributed by atoms with Gasteiger partial charge in [-0.3, -0.25) is 4.90 Å². The quantitative estimate of drug-likeness (QED) is 0.509. The molecule has 4 rings (SSSR count). The monoisotopic (exact) mass is 488 g/mol. The number of allylic oxidation sites excluding steroid dienone is 3. The van der Waals surface area contributed by atoms with Crippen LogP contribution >= 0.6 is 0 Å². The van der Waals surface area contributed by atoms with Crippen LogP contribution in [0.15, 0.2) is 65.9 Å². The van der Waals surface area contributed by atoms with Crippen molar-refractivity contribution in [2.75, 3.05) is 39.3 Å². The summed E-state index contributed by atoms with van der Waals surface area (Å²) in [5, 5.41) is 11.7. The molecule has 1 atom stereocenters. The highest BCUT2D eigenvalue weighted by molar-refractivity contribution is 5.32. The maximum atomic E-state index is 12.6. The second kappa shape index (κ2) is 11.6. The fraction of sp³-hybridized carbons (Fsp3) is 0.536. The van der Waals surface area contributed by atoms with E-state index in [1.165, 1.54) is 17.7 Å². The van der Waals surface area contributed by atoms with Crippen LogP contribution in [0.3, 0.4) is 0 Å². The van der Waals surface area contributed by atoms with Crippen molar-refractivity contribution in [3.8, 4) is 5.75 Å². The molecule has 1 saturated heterocycles. The Morgan fingerprint density at radius 2 is 1.66 bits per heavy atom. The largest absolute Gasteiger partial charge is 0.573 e. The number of hydrogen-bond acceptors (Lipinski definition) is 4. The number of nitrogens with zero attached hydrogens (tertiary/aromatic N) is 2. The van der Waals surface area contributed by atoms with Gasteiger partial charge in [-0.05, 0) is 67.8 Å². The normalized spacial score (nSPS) is 22.3. The molecule has 0 radical (unpaired) electrons. The Balaban J connectivity index is 1.45. The zero-order valence-corrected chi connectivity index (χ0v) is 20.1. The topological polar surface area (TPSA) is 35.9 Å². The van der Waals surface area contributed by atoms with Gasteiger partial charge in [-0.1, -0.05) is 49.6 Å². The van der Waals surface area contributed by atoms with Crippen molar-refractivity contribution in [2.24, 2.45) is 0 Å². The number of halogens is 3. The summed E-state index contributed by atoms with van der Waals surface area (Å²) < 4.78 is 41.9. The van der Waals surface area contributed by atoms with Gasteiger partial charge in [-0.15, -0.1) is 18.9 Å². The Hall–Kier alpha value is -2.31. The molecule has 7 heteroatoms. The third-order valence-electron chi connectivity index (χ3n) is 7.29. The third kappa shape index (κ3) is 7.58. The molecular weight excluding hydrogens is 453 g/mol. The Morgan fingerprint density at radius 1 is 0.943 bits per heavy atom. The Kier molecular flexibility index (Phi) is 8.55. The number of ether oxygens (including phenoxy) is 1. The predicted octanol–water partition coefficient (Wildman–Crippen LogP) is 5.58. The molecule has 0 amide bonds. The Morgan fingerprint density at radius 3 is 2.40 bits per heavy atom. The lowest BCUT2D eigenvalue weighted by Crippen LogP contribution is -2.45. The molecule has 1 aromatic rings. The van der Waals surface area contributed by atoms with Gasteiger partial charge in [0.05, 0.1) is 5.60 Å². The van der Waals surface area contributed by atoms with Crippen LogP contribution in [0.25, 0.3) is 0 Å². The van der Waals surface area contributed by atoms with Crippen molar-refractivity contribution >= 4 is 0 Å². The van der Waals surface area contributed by atoms with Crippen molar-refractivity contribution < 1.29 is 23.0 Å². The highest BCUT2D eigenvalue weighted by atomic mass is 19.4. The molecule has 2 aliphatic carbocycles. The standard InChI is InChI=1S/C28H35F3N2O2/c29-28(30,31)35-25-13-11-24(12-14-25)26(27(34)15-6-3-7-16-27)22-33-18-8-17-32(19-20-33)21-23-9-4-1-2-5-10-23/h1-2,4,9-14,26,34H,3,6-8,15-22H2.